The zero-order valence-corrected chi connectivity index (χ0v) is 18.4. The monoisotopic (exact) mass is 448 g/mol. The van der Waals surface area contributed by atoms with Gasteiger partial charge in [-0.1, -0.05) is 24.3 Å². The van der Waals surface area contributed by atoms with Gasteiger partial charge in [0.1, 0.15) is 6.34 Å². The second-order valence-corrected chi connectivity index (χ2v) is 8.12. The van der Waals surface area contributed by atoms with Crippen LogP contribution < -0.4 is 22.3 Å². The van der Waals surface area contributed by atoms with E-state index in [2.05, 4.69) is 10.0 Å². The molecule has 2 aromatic carbocycles. The maximum absolute atomic E-state index is 12.7. The van der Waals surface area contributed by atoms with Gasteiger partial charge in [0.25, 0.3) is 0 Å². The van der Waals surface area contributed by atoms with Gasteiger partial charge in [-0.25, -0.2) is 10.6 Å². The molecule has 1 fully saturated rings. The molecule has 0 radical (unpaired) electrons. The fourth-order valence-corrected chi connectivity index (χ4v) is 4.04. The van der Waals surface area contributed by atoms with E-state index in [4.69, 9.17) is 16.1 Å². The first-order valence-corrected chi connectivity index (χ1v) is 10.9. The molecule has 4 rings (SSSR count). The zero-order valence-electron chi connectivity index (χ0n) is 18.4. The van der Waals surface area contributed by atoms with Crippen LogP contribution in [0.3, 0.4) is 0 Å². The highest BCUT2D eigenvalue weighted by Gasteiger charge is 2.21. The summed E-state index contributed by atoms with van der Waals surface area (Å²) in [5.74, 6) is 11.0. The number of carbonyl (C=O) groups excluding carboxylic acids is 1. The zero-order chi connectivity index (χ0) is 23.2. The molecule has 9 heteroatoms. The molecule has 1 aliphatic rings. The van der Waals surface area contributed by atoms with Crippen LogP contribution in [0.1, 0.15) is 11.1 Å². The molecule has 3 aromatic rings. The summed E-state index contributed by atoms with van der Waals surface area (Å²) in [4.78, 5) is 28.8. The first kappa shape index (κ1) is 22.5. The minimum Gasteiger partial charge on any atom is -0.431 e. The van der Waals surface area contributed by atoms with Crippen LogP contribution in [0.2, 0.25) is 0 Å². The smallest absolute Gasteiger partial charge is 0.343 e. The number of hydrazine groups is 1. The number of hydrogen-bond acceptors (Lipinski definition) is 7. The second-order valence-electron chi connectivity index (χ2n) is 8.12. The third-order valence-corrected chi connectivity index (χ3v) is 5.98. The first-order chi connectivity index (χ1) is 16.0. The molecule has 4 N–H and O–H groups in total. The summed E-state index contributed by atoms with van der Waals surface area (Å²) < 4.78 is 4.91. The number of nitrogens with zero attached hydrogens (tertiary/aromatic N) is 4. The van der Waals surface area contributed by atoms with Crippen LogP contribution in [0, 0.1) is 0 Å². The van der Waals surface area contributed by atoms with Gasteiger partial charge in [0.05, 0.1) is 23.8 Å². The number of hydrazone groups is 1. The lowest BCUT2D eigenvalue weighted by Crippen LogP contribution is -2.49. The van der Waals surface area contributed by atoms with Crippen molar-refractivity contribution in [2.45, 2.75) is 12.8 Å². The molecule has 0 bridgehead atoms. The lowest BCUT2D eigenvalue weighted by atomic mass is 10.1. The number of hydrogen-bond donors (Lipinski definition) is 2. The molecule has 0 atom stereocenters. The Morgan fingerprint density at radius 2 is 1.79 bits per heavy atom. The van der Waals surface area contributed by atoms with Crippen LogP contribution in [0.15, 0.2) is 69.1 Å². The summed E-state index contributed by atoms with van der Waals surface area (Å²) in [6.07, 6.45) is 4.01. The summed E-state index contributed by atoms with van der Waals surface area (Å²) in [6, 6.07) is 15.1. The van der Waals surface area contributed by atoms with Crippen molar-refractivity contribution in [3.63, 3.8) is 0 Å². The summed E-state index contributed by atoms with van der Waals surface area (Å²) in [6.45, 7) is 4.06. The van der Waals surface area contributed by atoms with Gasteiger partial charge in [-0.2, -0.15) is 5.10 Å². The SMILES string of the molecule is N/N=C\N(N)c1ccc(CC(=O)N2CCN(CCc3ccc4c(=O)occc4c3)CC2)cc1. The van der Waals surface area contributed by atoms with Gasteiger partial charge in [0, 0.05) is 32.7 Å². The topological polar surface area (TPSA) is 121 Å². The Balaban J connectivity index is 1.25. The van der Waals surface area contributed by atoms with Crippen LogP contribution in [0.25, 0.3) is 10.8 Å². The maximum Gasteiger partial charge on any atom is 0.343 e. The van der Waals surface area contributed by atoms with Gasteiger partial charge < -0.3 is 15.2 Å². The third-order valence-electron chi connectivity index (χ3n) is 5.98. The standard InChI is InChI=1S/C24H28N6O3/c25-27-17-30(26)21-4-1-18(2-5-21)16-23(31)29-12-10-28(11-13-29)9-7-19-3-6-22-20(15-19)8-14-33-24(22)32/h1-6,8,14-15,17H,7,9-13,16,25-26H2/b27-17-. The third kappa shape index (κ3) is 5.57. The highest BCUT2D eigenvalue weighted by atomic mass is 16.4. The molecule has 0 saturated carbocycles. The summed E-state index contributed by atoms with van der Waals surface area (Å²) in [5, 5.41) is 6.22. The molecule has 1 amide bonds. The number of anilines is 1. The number of rotatable bonds is 7. The average molecular weight is 449 g/mol. The number of amides is 1. The average Bonchev–Trinajstić information content (AvgIpc) is 2.84. The lowest BCUT2D eigenvalue weighted by Gasteiger charge is -2.35. The van der Waals surface area contributed by atoms with Crippen molar-refractivity contribution >= 4 is 28.7 Å². The van der Waals surface area contributed by atoms with Crippen molar-refractivity contribution in [2.75, 3.05) is 37.7 Å². The van der Waals surface area contributed by atoms with Crippen molar-refractivity contribution in [1.82, 2.24) is 9.80 Å². The largest absolute Gasteiger partial charge is 0.431 e. The van der Waals surface area contributed by atoms with E-state index in [0.29, 0.717) is 11.8 Å². The van der Waals surface area contributed by atoms with E-state index < -0.39 is 0 Å². The minimum absolute atomic E-state index is 0.129. The maximum atomic E-state index is 12.7. The molecule has 1 saturated heterocycles. The minimum atomic E-state index is -0.307. The molecular weight excluding hydrogens is 420 g/mol. The Morgan fingerprint density at radius 1 is 1.06 bits per heavy atom. The van der Waals surface area contributed by atoms with E-state index in [1.165, 1.54) is 23.2 Å². The van der Waals surface area contributed by atoms with E-state index in [9.17, 15) is 9.59 Å². The van der Waals surface area contributed by atoms with E-state index in [1.807, 2.05) is 53.4 Å². The van der Waals surface area contributed by atoms with E-state index in [1.54, 1.807) is 0 Å². The normalized spacial score (nSPS) is 14.8. The number of piperazine rings is 1. The van der Waals surface area contributed by atoms with Crippen LogP contribution in [0.4, 0.5) is 5.69 Å². The van der Waals surface area contributed by atoms with Crippen LogP contribution in [-0.2, 0) is 17.6 Å². The van der Waals surface area contributed by atoms with Crippen LogP contribution in [0.5, 0.6) is 0 Å². The summed E-state index contributed by atoms with van der Waals surface area (Å²) in [5.41, 5.74) is 2.56. The summed E-state index contributed by atoms with van der Waals surface area (Å²) in [7, 11) is 0. The van der Waals surface area contributed by atoms with Crippen molar-refractivity contribution in [2.24, 2.45) is 16.8 Å². The van der Waals surface area contributed by atoms with E-state index >= 15 is 0 Å². The molecule has 1 aromatic heterocycles. The first-order valence-electron chi connectivity index (χ1n) is 10.9. The van der Waals surface area contributed by atoms with Gasteiger partial charge in [-0.05, 0) is 47.2 Å². The van der Waals surface area contributed by atoms with Gasteiger partial charge >= 0.3 is 5.63 Å². The highest BCUT2D eigenvalue weighted by molar-refractivity contribution is 5.81. The van der Waals surface area contributed by atoms with Crippen LogP contribution >= 0.6 is 0 Å². The molecule has 1 aliphatic heterocycles. The molecule has 0 unspecified atom stereocenters. The van der Waals surface area contributed by atoms with Crippen molar-refractivity contribution in [3.05, 3.63) is 76.3 Å². The molecule has 0 aliphatic carbocycles. The van der Waals surface area contributed by atoms with Gasteiger partial charge in [-0.15, -0.1) is 0 Å². The number of nitrogens with two attached hydrogens (primary N) is 2. The molecule has 9 nitrogen and oxygen atoms in total. The summed E-state index contributed by atoms with van der Waals surface area (Å²) >= 11 is 0. The molecule has 0 spiro atoms. The van der Waals surface area contributed by atoms with Gasteiger partial charge in [0.2, 0.25) is 5.91 Å². The molecular formula is C24H28N6O3. The van der Waals surface area contributed by atoms with Gasteiger partial charge in [-0.3, -0.25) is 14.7 Å². The number of carbonyl (C=O) groups is 1. The fourth-order valence-electron chi connectivity index (χ4n) is 4.04. The fraction of sp³-hybridized carbons (Fsp3) is 0.292. The van der Waals surface area contributed by atoms with Crippen molar-refractivity contribution in [1.29, 1.82) is 0 Å². The number of fused-ring (bicyclic) bond motifs is 1. The lowest BCUT2D eigenvalue weighted by molar-refractivity contribution is -0.132. The molecule has 2 heterocycles. The molecule has 172 valence electrons. The van der Waals surface area contributed by atoms with Crippen molar-refractivity contribution < 1.29 is 9.21 Å². The van der Waals surface area contributed by atoms with Crippen molar-refractivity contribution in [3.8, 4) is 0 Å². The number of benzene rings is 2. The highest BCUT2D eigenvalue weighted by Crippen LogP contribution is 2.15. The van der Waals surface area contributed by atoms with E-state index in [-0.39, 0.29) is 11.5 Å². The predicted molar refractivity (Wildman–Crippen MR) is 129 cm³/mol. The Bertz CT molecular complexity index is 1180. The molecule has 33 heavy (non-hydrogen) atoms. The Labute approximate surface area is 191 Å². The Morgan fingerprint density at radius 3 is 2.52 bits per heavy atom. The predicted octanol–water partition coefficient (Wildman–Crippen LogP) is 1.30. The Hall–Kier alpha value is -3.69. The second kappa shape index (κ2) is 10.3. The quantitative estimate of drug-likeness (QED) is 0.242. The van der Waals surface area contributed by atoms with E-state index in [0.717, 1.165) is 55.8 Å². The van der Waals surface area contributed by atoms with Gasteiger partial charge in [0.15, 0.2) is 0 Å². The van der Waals surface area contributed by atoms with Crippen LogP contribution in [-0.4, -0.2) is 54.8 Å². The Kier molecular flexibility index (Phi) is 7.01.